The van der Waals surface area contributed by atoms with Crippen molar-refractivity contribution in [2.45, 2.75) is 12.8 Å². The Balaban J connectivity index is 1.85. The summed E-state index contributed by atoms with van der Waals surface area (Å²) in [5, 5.41) is 15.6. The van der Waals surface area contributed by atoms with Crippen molar-refractivity contribution in [3.05, 3.63) is 6.20 Å². The van der Waals surface area contributed by atoms with Crippen LogP contribution in [0.1, 0.15) is 12.8 Å². The Kier molecular flexibility index (Phi) is 3.59. The summed E-state index contributed by atoms with van der Waals surface area (Å²) in [6, 6.07) is 0. The van der Waals surface area contributed by atoms with E-state index < -0.39 is 6.09 Å². The van der Waals surface area contributed by atoms with E-state index in [1.54, 1.807) is 6.20 Å². The molecular formula is C11H19N5O2. The van der Waals surface area contributed by atoms with Gasteiger partial charge in [-0.1, -0.05) is 0 Å². The minimum absolute atomic E-state index is 0.494. The molecule has 1 saturated heterocycles. The molecule has 100 valence electrons. The van der Waals surface area contributed by atoms with Crippen LogP contribution in [0.25, 0.3) is 0 Å². The average molecular weight is 253 g/mol. The van der Waals surface area contributed by atoms with Gasteiger partial charge in [0.25, 0.3) is 0 Å². The smallest absolute Gasteiger partial charge is 0.407 e. The van der Waals surface area contributed by atoms with E-state index in [1.165, 1.54) is 4.90 Å². The zero-order valence-electron chi connectivity index (χ0n) is 10.5. The molecule has 18 heavy (non-hydrogen) atoms. The maximum atomic E-state index is 10.8. The van der Waals surface area contributed by atoms with Crippen LogP contribution in [-0.4, -0.2) is 53.0 Å². The number of hydrogen-bond donors (Lipinski definition) is 3. The number of nitrogens with one attached hydrogen (secondary N) is 1. The minimum Gasteiger partial charge on any atom is -0.465 e. The number of aromatic amines is 1. The highest BCUT2D eigenvalue weighted by molar-refractivity contribution is 5.65. The van der Waals surface area contributed by atoms with Gasteiger partial charge in [0.05, 0.1) is 11.9 Å². The number of H-pyrrole nitrogens is 1. The zero-order valence-corrected chi connectivity index (χ0v) is 10.5. The lowest BCUT2D eigenvalue weighted by atomic mass is 9.96. The standard InChI is InChI=1S/C11H19N5O2/c1-15(10-9(12)6-13-14-10)7-8-2-4-16(5-3-8)11(17)18/h6,8H,2-5,7,12H2,1H3,(H,13,14)(H,17,18). The lowest BCUT2D eigenvalue weighted by Gasteiger charge is -2.32. The summed E-state index contributed by atoms with van der Waals surface area (Å²) in [6.07, 6.45) is 2.56. The number of carbonyl (C=O) groups is 1. The molecule has 0 radical (unpaired) electrons. The lowest BCUT2D eigenvalue weighted by molar-refractivity contribution is 0.125. The topological polar surface area (TPSA) is 98.5 Å². The van der Waals surface area contributed by atoms with Gasteiger partial charge in [-0.3, -0.25) is 5.10 Å². The second-order valence-corrected chi connectivity index (χ2v) is 4.77. The molecule has 0 aromatic carbocycles. The van der Waals surface area contributed by atoms with E-state index in [4.69, 9.17) is 10.8 Å². The molecule has 1 aliphatic rings. The van der Waals surface area contributed by atoms with Crippen LogP contribution in [0.5, 0.6) is 0 Å². The Morgan fingerprint density at radius 3 is 2.83 bits per heavy atom. The summed E-state index contributed by atoms with van der Waals surface area (Å²) in [6.45, 7) is 2.10. The van der Waals surface area contributed by atoms with Gasteiger partial charge in [-0.25, -0.2) is 4.79 Å². The van der Waals surface area contributed by atoms with Crippen LogP contribution in [0.3, 0.4) is 0 Å². The average Bonchev–Trinajstić information content (AvgIpc) is 2.76. The van der Waals surface area contributed by atoms with Crippen LogP contribution in [0.2, 0.25) is 0 Å². The Morgan fingerprint density at radius 1 is 1.67 bits per heavy atom. The van der Waals surface area contributed by atoms with Crippen LogP contribution >= 0.6 is 0 Å². The first-order valence-electron chi connectivity index (χ1n) is 6.05. The number of rotatable bonds is 3. The Bertz CT molecular complexity index is 411. The molecule has 2 rings (SSSR count). The molecule has 7 nitrogen and oxygen atoms in total. The number of nitrogens with zero attached hydrogens (tertiary/aromatic N) is 3. The van der Waals surface area contributed by atoms with Crippen molar-refractivity contribution in [3.8, 4) is 0 Å². The first kappa shape index (κ1) is 12.5. The highest BCUT2D eigenvalue weighted by Crippen LogP contribution is 2.23. The molecule has 0 atom stereocenters. The van der Waals surface area contributed by atoms with Crippen molar-refractivity contribution >= 4 is 17.6 Å². The molecule has 7 heteroatoms. The number of anilines is 2. The lowest BCUT2D eigenvalue weighted by Crippen LogP contribution is -2.40. The van der Waals surface area contributed by atoms with Gasteiger partial charge in [-0.2, -0.15) is 5.10 Å². The first-order chi connectivity index (χ1) is 8.58. The number of piperidine rings is 1. The number of amides is 1. The van der Waals surface area contributed by atoms with Crippen molar-refractivity contribution in [1.82, 2.24) is 15.1 Å². The van der Waals surface area contributed by atoms with Gasteiger partial charge in [0.2, 0.25) is 0 Å². The van der Waals surface area contributed by atoms with Crippen molar-refractivity contribution < 1.29 is 9.90 Å². The number of hydrogen-bond acceptors (Lipinski definition) is 4. The maximum Gasteiger partial charge on any atom is 0.407 e. The monoisotopic (exact) mass is 253 g/mol. The molecule has 1 amide bonds. The molecule has 1 aromatic heterocycles. The summed E-state index contributed by atoms with van der Waals surface area (Å²) in [5.41, 5.74) is 6.43. The van der Waals surface area contributed by atoms with Gasteiger partial charge >= 0.3 is 6.09 Å². The van der Waals surface area contributed by atoms with E-state index in [0.29, 0.717) is 24.7 Å². The van der Waals surface area contributed by atoms with E-state index in [1.807, 2.05) is 11.9 Å². The largest absolute Gasteiger partial charge is 0.465 e. The third kappa shape index (κ3) is 2.66. The van der Waals surface area contributed by atoms with Crippen LogP contribution in [0, 0.1) is 5.92 Å². The normalized spacial score (nSPS) is 16.8. The molecule has 0 bridgehead atoms. The molecule has 0 spiro atoms. The summed E-state index contributed by atoms with van der Waals surface area (Å²) in [4.78, 5) is 14.3. The fourth-order valence-corrected chi connectivity index (χ4v) is 2.38. The molecule has 2 heterocycles. The Labute approximate surface area is 106 Å². The molecule has 1 aliphatic heterocycles. The second-order valence-electron chi connectivity index (χ2n) is 4.77. The summed E-state index contributed by atoms with van der Waals surface area (Å²) < 4.78 is 0. The zero-order chi connectivity index (χ0) is 13.1. The van der Waals surface area contributed by atoms with Gasteiger partial charge in [-0.15, -0.1) is 0 Å². The fraction of sp³-hybridized carbons (Fsp3) is 0.636. The third-order valence-electron chi connectivity index (χ3n) is 3.45. The van der Waals surface area contributed by atoms with Crippen molar-refractivity contribution in [2.24, 2.45) is 5.92 Å². The molecular weight excluding hydrogens is 234 g/mol. The van der Waals surface area contributed by atoms with E-state index >= 15 is 0 Å². The molecule has 0 unspecified atom stereocenters. The highest BCUT2D eigenvalue weighted by atomic mass is 16.4. The van der Waals surface area contributed by atoms with Crippen molar-refractivity contribution in [3.63, 3.8) is 0 Å². The SMILES string of the molecule is CN(CC1CCN(C(=O)O)CC1)c1[nH]ncc1N. The van der Waals surface area contributed by atoms with Gasteiger partial charge in [0, 0.05) is 26.7 Å². The Morgan fingerprint density at radius 2 is 2.33 bits per heavy atom. The molecule has 4 N–H and O–H groups in total. The number of nitrogens with two attached hydrogens (primary N) is 1. The van der Waals surface area contributed by atoms with E-state index in [0.717, 1.165) is 25.2 Å². The van der Waals surface area contributed by atoms with Crippen LogP contribution in [0.4, 0.5) is 16.3 Å². The Hall–Kier alpha value is -1.92. The molecule has 0 saturated carbocycles. The van der Waals surface area contributed by atoms with E-state index in [9.17, 15) is 4.79 Å². The minimum atomic E-state index is -0.820. The van der Waals surface area contributed by atoms with E-state index in [-0.39, 0.29) is 0 Å². The first-order valence-corrected chi connectivity index (χ1v) is 6.05. The maximum absolute atomic E-state index is 10.8. The quantitative estimate of drug-likeness (QED) is 0.740. The van der Waals surface area contributed by atoms with Crippen molar-refractivity contribution in [2.75, 3.05) is 37.3 Å². The van der Waals surface area contributed by atoms with E-state index in [2.05, 4.69) is 10.2 Å². The molecule has 0 aliphatic carbocycles. The highest BCUT2D eigenvalue weighted by Gasteiger charge is 2.23. The summed E-state index contributed by atoms with van der Waals surface area (Å²) in [7, 11) is 1.97. The summed E-state index contributed by atoms with van der Waals surface area (Å²) >= 11 is 0. The van der Waals surface area contributed by atoms with Gasteiger partial charge in [0.1, 0.15) is 5.82 Å². The van der Waals surface area contributed by atoms with Crippen molar-refractivity contribution in [1.29, 1.82) is 0 Å². The number of aromatic nitrogens is 2. The predicted molar refractivity (Wildman–Crippen MR) is 68.6 cm³/mol. The predicted octanol–water partition coefficient (Wildman–Crippen LogP) is 0.818. The molecule has 1 fully saturated rings. The van der Waals surface area contributed by atoms with Crippen LogP contribution in [-0.2, 0) is 0 Å². The fourth-order valence-electron chi connectivity index (χ4n) is 2.38. The number of likely N-dealkylation sites (tertiary alicyclic amines) is 1. The van der Waals surface area contributed by atoms with Gasteiger partial charge < -0.3 is 20.6 Å². The molecule has 1 aromatic rings. The third-order valence-corrected chi connectivity index (χ3v) is 3.45. The summed E-state index contributed by atoms with van der Waals surface area (Å²) in [5.74, 6) is 1.32. The van der Waals surface area contributed by atoms with Gasteiger partial charge in [0.15, 0.2) is 0 Å². The van der Waals surface area contributed by atoms with Crippen LogP contribution in [0.15, 0.2) is 6.20 Å². The van der Waals surface area contributed by atoms with Crippen LogP contribution < -0.4 is 10.6 Å². The number of nitrogen functional groups attached to an aromatic ring is 1. The number of carboxylic acid groups (broad SMARTS) is 1. The van der Waals surface area contributed by atoms with Gasteiger partial charge in [-0.05, 0) is 18.8 Å². The second kappa shape index (κ2) is 5.16.